The summed E-state index contributed by atoms with van der Waals surface area (Å²) in [5.74, 6) is 2.49. The number of nitrogens with zero attached hydrogens (tertiary/aromatic N) is 2. The van der Waals surface area contributed by atoms with E-state index in [4.69, 9.17) is 18.9 Å². The SMILES string of the molecule is COc1ccc(OC2CCN(CCC3CN(c4ccc(OC)cc4)C(=O)O3)CC2)cc1. The van der Waals surface area contributed by atoms with Crippen molar-refractivity contribution in [1.82, 2.24) is 4.90 Å². The maximum absolute atomic E-state index is 12.3. The van der Waals surface area contributed by atoms with Gasteiger partial charge in [-0.15, -0.1) is 0 Å². The fourth-order valence-corrected chi connectivity index (χ4v) is 4.07. The fourth-order valence-electron chi connectivity index (χ4n) is 4.07. The molecule has 31 heavy (non-hydrogen) atoms. The number of hydrogen-bond donors (Lipinski definition) is 0. The van der Waals surface area contributed by atoms with Crippen molar-refractivity contribution >= 4 is 11.8 Å². The van der Waals surface area contributed by atoms with Crippen LogP contribution in [0.2, 0.25) is 0 Å². The highest BCUT2D eigenvalue weighted by Gasteiger charge is 2.32. The number of carbonyl (C=O) groups is 1. The smallest absolute Gasteiger partial charge is 0.414 e. The molecule has 7 heteroatoms. The van der Waals surface area contributed by atoms with E-state index in [9.17, 15) is 4.79 Å². The second kappa shape index (κ2) is 9.92. The Morgan fingerprint density at radius 3 is 2.10 bits per heavy atom. The number of methoxy groups -OCH3 is 2. The van der Waals surface area contributed by atoms with Crippen molar-refractivity contribution < 1.29 is 23.7 Å². The molecule has 1 unspecified atom stereocenters. The Labute approximate surface area is 183 Å². The lowest BCUT2D eigenvalue weighted by atomic mass is 10.1. The minimum absolute atomic E-state index is 0.0807. The van der Waals surface area contributed by atoms with Crippen LogP contribution in [0.4, 0.5) is 10.5 Å². The molecule has 0 aromatic heterocycles. The van der Waals surface area contributed by atoms with Crippen LogP contribution in [0.25, 0.3) is 0 Å². The number of hydrogen-bond acceptors (Lipinski definition) is 6. The molecule has 0 bridgehead atoms. The van der Waals surface area contributed by atoms with Gasteiger partial charge in [-0.25, -0.2) is 4.79 Å². The summed E-state index contributed by atoms with van der Waals surface area (Å²) < 4.78 is 22.1. The van der Waals surface area contributed by atoms with Crippen LogP contribution >= 0.6 is 0 Å². The van der Waals surface area contributed by atoms with Gasteiger partial charge in [0, 0.05) is 25.3 Å². The zero-order valence-electron chi connectivity index (χ0n) is 18.2. The molecular weight excluding hydrogens is 396 g/mol. The second-order valence-corrected chi connectivity index (χ2v) is 7.94. The largest absolute Gasteiger partial charge is 0.497 e. The van der Waals surface area contributed by atoms with Crippen molar-refractivity contribution in [2.75, 3.05) is 45.3 Å². The van der Waals surface area contributed by atoms with Gasteiger partial charge in [0.05, 0.1) is 20.8 Å². The number of anilines is 1. The zero-order valence-corrected chi connectivity index (χ0v) is 18.2. The third kappa shape index (κ3) is 5.41. The van der Waals surface area contributed by atoms with Crippen molar-refractivity contribution in [3.05, 3.63) is 48.5 Å². The predicted molar refractivity (Wildman–Crippen MR) is 118 cm³/mol. The molecule has 1 atom stereocenters. The zero-order chi connectivity index (χ0) is 21.6. The van der Waals surface area contributed by atoms with Crippen LogP contribution in [0.1, 0.15) is 19.3 Å². The highest BCUT2D eigenvalue weighted by Crippen LogP contribution is 2.26. The quantitative estimate of drug-likeness (QED) is 0.637. The van der Waals surface area contributed by atoms with Crippen molar-refractivity contribution in [2.45, 2.75) is 31.5 Å². The molecule has 0 radical (unpaired) electrons. The summed E-state index contributed by atoms with van der Waals surface area (Å²) in [6.07, 6.45) is 2.70. The van der Waals surface area contributed by atoms with Gasteiger partial charge in [0.1, 0.15) is 29.5 Å². The van der Waals surface area contributed by atoms with Crippen molar-refractivity contribution in [3.63, 3.8) is 0 Å². The molecule has 2 saturated heterocycles. The number of likely N-dealkylation sites (tertiary alicyclic amines) is 1. The number of piperidine rings is 1. The summed E-state index contributed by atoms with van der Waals surface area (Å²) in [6, 6.07) is 15.2. The third-order valence-corrected chi connectivity index (χ3v) is 5.92. The van der Waals surface area contributed by atoms with Crippen molar-refractivity contribution in [1.29, 1.82) is 0 Å². The molecule has 2 aromatic carbocycles. The lowest BCUT2D eigenvalue weighted by molar-refractivity contribution is 0.0860. The van der Waals surface area contributed by atoms with Gasteiger partial charge in [0.25, 0.3) is 0 Å². The van der Waals surface area contributed by atoms with Gasteiger partial charge in [-0.2, -0.15) is 0 Å². The van der Waals surface area contributed by atoms with Crippen molar-refractivity contribution in [2.24, 2.45) is 0 Å². The number of amides is 1. The van der Waals surface area contributed by atoms with E-state index >= 15 is 0 Å². The molecule has 166 valence electrons. The van der Waals surface area contributed by atoms with Gasteiger partial charge in [0.2, 0.25) is 0 Å². The first-order chi connectivity index (χ1) is 15.1. The maximum Gasteiger partial charge on any atom is 0.414 e. The highest BCUT2D eigenvalue weighted by molar-refractivity contribution is 5.89. The first-order valence-electron chi connectivity index (χ1n) is 10.8. The molecule has 2 fully saturated rings. The van der Waals surface area contributed by atoms with Crippen LogP contribution in [0, 0.1) is 0 Å². The van der Waals surface area contributed by atoms with E-state index in [1.54, 1.807) is 19.1 Å². The van der Waals surface area contributed by atoms with E-state index in [2.05, 4.69) is 4.90 Å². The molecule has 2 heterocycles. The van der Waals surface area contributed by atoms with Gasteiger partial charge >= 0.3 is 6.09 Å². The van der Waals surface area contributed by atoms with Gasteiger partial charge in [-0.3, -0.25) is 4.90 Å². The number of benzene rings is 2. The Hall–Kier alpha value is -2.93. The van der Waals surface area contributed by atoms with Crippen LogP contribution in [-0.2, 0) is 4.74 Å². The molecule has 2 aliphatic heterocycles. The first kappa shape index (κ1) is 21.3. The maximum atomic E-state index is 12.3. The average Bonchev–Trinajstić information content (AvgIpc) is 3.19. The van der Waals surface area contributed by atoms with Crippen LogP contribution in [-0.4, -0.2) is 63.6 Å². The molecule has 7 nitrogen and oxygen atoms in total. The van der Waals surface area contributed by atoms with E-state index in [0.29, 0.717) is 6.54 Å². The minimum Gasteiger partial charge on any atom is -0.497 e. The number of ether oxygens (including phenoxy) is 4. The Bertz CT molecular complexity index is 847. The van der Waals surface area contributed by atoms with E-state index in [1.165, 1.54) is 0 Å². The predicted octanol–water partition coefficient (Wildman–Crippen LogP) is 3.96. The number of rotatable bonds is 8. The molecule has 0 N–H and O–H groups in total. The summed E-state index contributed by atoms with van der Waals surface area (Å²) in [6.45, 7) is 3.49. The third-order valence-electron chi connectivity index (χ3n) is 5.92. The Morgan fingerprint density at radius 1 is 0.903 bits per heavy atom. The van der Waals surface area contributed by atoms with Crippen LogP contribution in [0.3, 0.4) is 0 Å². The van der Waals surface area contributed by atoms with Gasteiger partial charge in [-0.05, 0) is 67.8 Å². The molecule has 0 spiro atoms. The number of cyclic esters (lactones) is 1. The van der Waals surface area contributed by atoms with E-state index in [1.807, 2.05) is 48.5 Å². The topological polar surface area (TPSA) is 60.5 Å². The van der Waals surface area contributed by atoms with Crippen molar-refractivity contribution in [3.8, 4) is 17.2 Å². The Balaban J connectivity index is 1.19. The molecule has 2 aromatic rings. The minimum atomic E-state index is -0.276. The first-order valence-corrected chi connectivity index (χ1v) is 10.8. The molecule has 2 aliphatic rings. The van der Waals surface area contributed by atoms with Crippen LogP contribution in [0.5, 0.6) is 17.2 Å². The van der Waals surface area contributed by atoms with Gasteiger partial charge in [-0.1, -0.05) is 0 Å². The van der Waals surface area contributed by atoms with E-state index < -0.39 is 0 Å². The van der Waals surface area contributed by atoms with Gasteiger partial charge < -0.3 is 23.8 Å². The van der Waals surface area contributed by atoms with E-state index in [-0.39, 0.29) is 18.3 Å². The fraction of sp³-hybridized carbons (Fsp3) is 0.458. The molecule has 4 rings (SSSR count). The lowest BCUT2D eigenvalue weighted by Crippen LogP contribution is -2.39. The monoisotopic (exact) mass is 426 g/mol. The molecular formula is C24H30N2O5. The molecule has 1 amide bonds. The molecule has 0 aliphatic carbocycles. The summed E-state index contributed by atoms with van der Waals surface area (Å²) in [7, 11) is 3.29. The Morgan fingerprint density at radius 2 is 1.48 bits per heavy atom. The summed E-state index contributed by atoms with van der Waals surface area (Å²) in [4.78, 5) is 16.4. The average molecular weight is 427 g/mol. The van der Waals surface area contributed by atoms with Crippen LogP contribution in [0.15, 0.2) is 48.5 Å². The Kier molecular flexibility index (Phi) is 6.82. The standard InChI is InChI=1S/C24H30N2O5/c1-28-19-5-3-18(4-6-19)26-17-23(31-24(26)27)13-16-25-14-11-22(12-15-25)30-21-9-7-20(29-2)8-10-21/h3-10,22-23H,11-17H2,1-2H3. The summed E-state index contributed by atoms with van der Waals surface area (Å²) in [5, 5.41) is 0. The van der Waals surface area contributed by atoms with Crippen LogP contribution < -0.4 is 19.1 Å². The highest BCUT2D eigenvalue weighted by atomic mass is 16.6. The van der Waals surface area contributed by atoms with Gasteiger partial charge in [0.15, 0.2) is 0 Å². The lowest BCUT2D eigenvalue weighted by Gasteiger charge is -2.32. The molecule has 0 saturated carbocycles. The normalized spacial score (nSPS) is 19.9. The number of carbonyl (C=O) groups excluding carboxylic acids is 1. The summed E-state index contributed by atoms with van der Waals surface area (Å²) >= 11 is 0. The van der Waals surface area contributed by atoms with E-state index in [0.717, 1.165) is 61.8 Å². The second-order valence-electron chi connectivity index (χ2n) is 7.94. The summed E-state index contributed by atoms with van der Waals surface area (Å²) in [5.41, 5.74) is 0.838.